The first kappa shape index (κ1) is 8.97. The molecule has 0 amide bonds. The molecule has 0 bridgehead atoms. The molecule has 0 aromatic carbocycles. The highest BCUT2D eigenvalue weighted by Gasteiger charge is 2.01. The molecule has 0 spiro atoms. The lowest BCUT2D eigenvalue weighted by molar-refractivity contribution is 0.448. The maximum Gasteiger partial charge on any atom is 0.00772 e. The SMILES string of the molecule is CC1CNCCNCCNC1. The van der Waals surface area contributed by atoms with E-state index in [0.717, 1.165) is 45.2 Å². The van der Waals surface area contributed by atoms with Crippen LogP contribution in [0.1, 0.15) is 6.92 Å². The molecule has 0 saturated carbocycles. The maximum absolute atomic E-state index is 3.40. The van der Waals surface area contributed by atoms with Gasteiger partial charge in [0.05, 0.1) is 0 Å². The van der Waals surface area contributed by atoms with E-state index in [1.807, 2.05) is 0 Å². The summed E-state index contributed by atoms with van der Waals surface area (Å²) in [5.74, 6) is 0.757. The van der Waals surface area contributed by atoms with Gasteiger partial charge >= 0.3 is 0 Å². The molecule has 3 N–H and O–H groups in total. The molecule has 1 heterocycles. The van der Waals surface area contributed by atoms with Gasteiger partial charge in [-0.1, -0.05) is 6.92 Å². The third-order valence-corrected chi connectivity index (χ3v) is 1.94. The van der Waals surface area contributed by atoms with Crippen molar-refractivity contribution in [3.05, 3.63) is 0 Å². The summed E-state index contributed by atoms with van der Waals surface area (Å²) in [4.78, 5) is 0. The standard InChI is InChI=1S/C8H19N3/c1-8-6-10-4-2-9-3-5-11-7-8/h8-11H,2-7H2,1H3. The first-order valence-corrected chi connectivity index (χ1v) is 4.52. The van der Waals surface area contributed by atoms with Crippen molar-refractivity contribution in [3.8, 4) is 0 Å². The Labute approximate surface area is 68.9 Å². The van der Waals surface area contributed by atoms with Gasteiger partial charge in [-0.25, -0.2) is 0 Å². The zero-order valence-corrected chi connectivity index (χ0v) is 7.32. The van der Waals surface area contributed by atoms with Crippen molar-refractivity contribution in [2.24, 2.45) is 5.92 Å². The molecule has 0 aromatic heterocycles. The number of hydrogen-bond acceptors (Lipinski definition) is 3. The summed E-state index contributed by atoms with van der Waals surface area (Å²) in [5, 5.41) is 10.1. The van der Waals surface area contributed by atoms with Crippen molar-refractivity contribution in [1.29, 1.82) is 0 Å². The summed E-state index contributed by atoms with van der Waals surface area (Å²) in [6.45, 7) is 8.93. The van der Waals surface area contributed by atoms with Gasteiger partial charge in [0.25, 0.3) is 0 Å². The van der Waals surface area contributed by atoms with Crippen LogP contribution in [0.4, 0.5) is 0 Å². The molecule has 11 heavy (non-hydrogen) atoms. The summed E-state index contributed by atoms with van der Waals surface area (Å²) in [6, 6.07) is 0. The molecule has 1 fully saturated rings. The molecule has 1 aliphatic rings. The summed E-state index contributed by atoms with van der Waals surface area (Å²) < 4.78 is 0. The van der Waals surface area contributed by atoms with E-state index in [9.17, 15) is 0 Å². The normalized spacial score (nSPS) is 24.8. The van der Waals surface area contributed by atoms with Gasteiger partial charge in [0.2, 0.25) is 0 Å². The van der Waals surface area contributed by atoms with E-state index in [2.05, 4.69) is 22.9 Å². The van der Waals surface area contributed by atoms with Crippen molar-refractivity contribution in [3.63, 3.8) is 0 Å². The Morgan fingerprint density at radius 1 is 0.818 bits per heavy atom. The van der Waals surface area contributed by atoms with E-state index in [4.69, 9.17) is 0 Å². The van der Waals surface area contributed by atoms with Gasteiger partial charge in [-0.05, 0) is 19.0 Å². The van der Waals surface area contributed by atoms with Crippen LogP contribution in [-0.4, -0.2) is 39.3 Å². The van der Waals surface area contributed by atoms with Crippen LogP contribution in [0.3, 0.4) is 0 Å². The van der Waals surface area contributed by atoms with Crippen LogP contribution < -0.4 is 16.0 Å². The smallest absolute Gasteiger partial charge is 0.00772 e. The lowest BCUT2D eigenvalue weighted by Gasteiger charge is -2.16. The second-order valence-corrected chi connectivity index (χ2v) is 3.26. The molecule has 1 aliphatic heterocycles. The topological polar surface area (TPSA) is 36.1 Å². The Morgan fingerprint density at radius 2 is 1.27 bits per heavy atom. The monoisotopic (exact) mass is 157 g/mol. The third-order valence-electron chi connectivity index (χ3n) is 1.94. The molecule has 66 valence electrons. The average Bonchev–Trinajstić information content (AvgIpc) is 2.03. The highest BCUT2D eigenvalue weighted by molar-refractivity contribution is 4.64. The fourth-order valence-corrected chi connectivity index (χ4v) is 1.25. The molecule has 0 unspecified atom stereocenters. The van der Waals surface area contributed by atoms with Crippen LogP contribution in [0.5, 0.6) is 0 Å². The minimum absolute atomic E-state index is 0.757. The van der Waals surface area contributed by atoms with E-state index in [0.29, 0.717) is 0 Å². The van der Waals surface area contributed by atoms with Crippen LogP contribution in [0.2, 0.25) is 0 Å². The molecular formula is C8H19N3. The predicted molar refractivity (Wildman–Crippen MR) is 47.8 cm³/mol. The minimum Gasteiger partial charge on any atom is -0.315 e. The van der Waals surface area contributed by atoms with Gasteiger partial charge in [0.1, 0.15) is 0 Å². The van der Waals surface area contributed by atoms with Crippen molar-refractivity contribution in [2.45, 2.75) is 6.92 Å². The fraction of sp³-hybridized carbons (Fsp3) is 1.00. The van der Waals surface area contributed by atoms with Gasteiger partial charge < -0.3 is 16.0 Å². The molecule has 1 saturated heterocycles. The van der Waals surface area contributed by atoms with E-state index in [1.165, 1.54) is 0 Å². The zero-order valence-electron chi connectivity index (χ0n) is 7.32. The van der Waals surface area contributed by atoms with Gasteiger partial charge in [-0.3, -0.25) is 0 Å². The van der Waals surface area contributed by atoms with Crippen LogP contribution in [0.15, 0.2) is 0 Å². The summed E-state index contributed by atoms with van der Waals surface area (Å²) in [6.07, 6.45) is 0. The lowest BCUT2D eigenvalue weighted by atomic mass is 10.2. The van der Waals surface area contributed by atoms with Gasteiger partial charge in [-0.15, -0.1) is 0 Å². The Balaban J connectivity index is 2.12. The first-order valence-electron chi connectivity index (χ1n) is 4.52. The highest BCUT2D eigenvalue weighted by Crippen LogP contribution is 1.88. The molecule has 0 aromatic rings. The zero-order chi connectivity index (χ0) is 7.94. The number of nitrogens with one attached hydrogen (secondary N) is 3. The third kappa shape index (κ3) is 4.35. The average molecular weight is 157 g/mol. The van der Waals surface area contributed by atoms with E-state index in [-0.39, 0.29) is 0 Å². The van der Waals surface area contributed by atoms with Crippen LogP contribution in [0, 0.1) is 5.92 Å². The van der Waals surface area contributed by atoms with Gasteiger partial charge in [0, 0.05) is 26.2 Å². The van der Waals surface area contributed by atoms with Crippen molar-refractivity contribution in [1.82, 2.24) is 16.0 Å². The molecule has 0 radical (unpaired) electrons. The van der Waals surface area contributed by atoms with Crippen LogP contribution in [0.25, 0.3) is 0 Å². The van der Waals surface area contributed by atoms with E-state index >= 15 is 0 Å². The van der Waals surface area contributed by atoms with Gasteiger partial charge in [-0.2, -0.15) is 0 Å². The van der Waals surface area contributed by atoms with Crippen LogP contribution in [-0.2, 0) is 0 Å². The van der Waals surface area contributed by atoms with Gasteiger partial charge in [0.15, 0.2) is 0 Å². The second-order valence-electron chi connectivity index (χ2n) is 3.26. The maximum atomic E-state index is 3.40. The highest BCUT2D eigenvalue weighted by atomic mass is 15.0. The van der Waals surface area contributed by atoms with Crippen molar-refractivity contribution < 1.29 is 0 Å². The number of rotatable bonds is 0. The first-order chi connectivity index (χ1) is 5.39. The van der Waals surface area contributed by atoms with Crippen molar-refractivity contribution >= 4 is 0 Å². The largest absolute Gasteiger partial charge is 0.315 e. The summed E-state index contributed by atoms with van der Waals surface area (Å²) >= 11 is 0. The molecule has 0 aliphatic carbocycles. The molecule has 3 nitrogen and oxygen atoms in total. The molecule has 3 heteroatoms. The lowest BCUT2D eigenvalue weighted by Crippen LogP contribution is -2.39. The fourth-order valence-electron chi connectivity index (χ4n) is 1.25. The van der Waals surface area contributed by atoms with E-state index < -0.39 is 0 Å². The predicted octanol–water partition coefficient (Wildman–Crippen LogP) is -0.595. The quantitative estimate of drug-likeness (QED) is 0.440. The summed E-state index contributed by atoms with van der Waals surface area (Å²) in [7, 11) is 0. The molecule has 0 atom stereocenters. The van der Waals surface area contributed by atoms with Crippen LogP contribution >= 0.6 is 0 Å². The Kier molecular flexibility index (Phi) is 4.50. The Hall–Kier alpha value is -0.120. The number of hydrogen-bond donors (Lipinski definition) is 3. The Morgan fingerprint density at radius 3 is 1.82 bits per heavy atom. The second kappa shape index (κ2) is 5.52. The Bertz CT molecular complexity index is 85.3. The van der Waals surface area contributed by atoms with Crippen molar-refractivity contribution in [2.75, 3.05) is 39.3 Å². The molecular weight excluding hydrogens is 138 g/mol. The summed E-state index contributed by atoms with van der Waals surface area (Å²) in [5.41, 5.74) is 0. The molecule has 1 rings (SSSR count). The van der Waals surface area contributed by atoms with E-state index in [1.54, 1.807) is 0 Å². The minimum atomic E-state index is 0.757.